The molecule has 0 saturated carbocycles. The highest BCUT2D eigenvalue weighted by Crippen LogP contribution is 2.05. The molecule has 4 N–H and O–H groups in total. The number of carboxylic acid groups (broad SMARTS) is 1. The summed E-state index contributed by atoms with van der Waals surface area (Å²) in [5.74, 6) is -1.59. The normalized spacial score (nSPS) is 13.1. The van der Waals surface area contributed by atoms with Crippen LogP contribution in [0.15, 0.2) is 12.4 Å². The molecule has 0 bridgehead atoms. The highest BCUT2D eigenvalue weighted by atomic mass is 16.5. The molecular weight excluding hydrogens is 344 g/mol. The lowest BCUT2D eigenvalue weighted by Crippen LogP contribution is -2.52. The van der Waals surface area contributed by atoms with Crippen molar-refractivity contribution in [1.82, 2.24) is 20.2 Å². The number of urea groups is 1. The molecule has 2 amide bonds. The number of esters is 1. The number of carboxylic acids is 1. The van der Waals surface area contributed by atoms with Crippen molar-refractivity contribution in [3.63, 3.8) is 0 Å². The van der Waals surface area contributed by atoms with E-state index in [2.05, 4.69) is 15.3 Å². The zero-order chi connectivity index (χ0) is 19.7. The van der Waals surface area contributed by atoms with Crippen LogP contribution in [0.1, 0.15) is 26.6 Å². The molecular formula is C16H26N4O6. The maximum Gasteiger partial charge on any atom is 0.336 e. The van der Waals surface area contributed by atoms with E-state index in [0.29, 0.717) is 5.82 Å². The summed E-state index contributed by atoms with van der Waals surface area (Å²) in [5.41, 5.74) is 0. The minimum absolute atomic E-state index is 0.0238. The predicted octanol–water partition coefficient (Wildman–Crippen LogP) is -0.00300. The molecule has 0 aliphatic heterocycles. The fourth-order valence-corrected chi connectivity index (χ4v) is 2.25. The number of aromatic amines is 1. The molecule has 146 valence electrons. The number of aliphatic hydroxyl groups excluding tert-OH is 1. The van der Waals surface area contributed by atoms with Crippen LogP contribution in [0.25, 0.3) is 0 Å². The summed E-state index contributed by atoms with van der Waals surface area (Å²) in [6.07, 6.45) is 1.50. The molecule has 0 radical (unpaired) electrons. The van der Waals surface area contributed by atoms with Crippen molar-refractivity contribution in [2.24, 2.45) is 5.92 Å². The number of carbonyl (C=O) groups excluding carboxylic acids is 2. The van der Waals surface area contributed by atoms with Gasteiger partial charge >= 0.3 is 18.0 Å². The first-order valence-corrected chi connectivity index (χ1v) is 8.35. The van der Waals surface area contributed by atoms with Gasteiger partial charge in [0.2, 0.25) is 0 Å². The topological polar surface area (TPSA) is 145 Å². The van der Waals surface area contributed by atoms with Gasteiger partial charge in [-0.1, -0.05) is 13.8 Å². The summed E-state index contributed by atoms with van der Waals surface area (Å²) in [4.78, 5) is 43.4. The molecule has 0 spiro atoms. The number of imidazole rings is 1. The molecule has 1 aromatic heterocycles. The van der Waals surface area contributed by atoms with E-state index in [0.717, 1.165) is 0 Å². The summed E-state index contributed by atoms with van der Waals surface area (Å²) < 4.78 is 4.72. The van der Waals surface area contributed by atoms with Crippen LogP contribution in [0.3, 0.4) is 0 Å². The maximum atomic E-state index is 12.5. The number of aliphatic hydroxyl groups is 1. The second kappa shape index (κ2) is 10.4. The summed E-state index contributed by atoms with van der Waals surface area (Å²) >= 11 is 0. The number of aliphatic carboxylic acids is 1. The van der Waals surface area contributed by atoms with Gasteiger partial charge in [0.05, 0.1) is 13.2 Å². The molecule has 1 heterocycles. The zero-order valence-electron chi connectivity index (χ0n) is 15.1. The molecule has 0 aromatic carbocycles. The molecule has 10 nitrogen and oxygen atoms in total. The number of nitrogens with one attached hydrogen (secondary N) is 2. The summed E-state index contributed by atoms with van der Waals surface area (Å²) in [6.45, 7) is 5.36. The van der Waals surface area contributed by atoms with Crippen LogP contribution in [0, 0.1) is 5.92 Å². The number of amides is 2. The lowest BCUT2D eigenvalue weighted by molar-refractivity contribution is -0.153. The molecule has 0 unspecified atom stereocenters. The maximum absolute atomic E-state index is 12.5. The van der Waals surface area contributed by atoms with Gasteiger partial charge in [-0.2, -0.15) is 0 Å². The SMILES string of the molecule is CCOC(=O)[C@@H](O)CN(CC(C)C)C(=O)N[C@@H](Cc1ncc[nH]1)C(=O)O. The minimum Gasteiger partial charge on any atom is -0.480 e. The average Bonchev–Trinajstić information content (AvgIpc) is 3.06. The quantitative estimate of drug-likeness (QED) is 0.424. The smallest absolute Gasteiger partial charge is 0.336 e. The van der Waals surface area contributed by atoms with Gasteiger partial charge in [-0.15, -0.1) is 0 Å². The molecule has 10 heteroatoms. The molecule has 0 fully saturated rings. The Morgan fingerprint density at radius 1 is 1.35 bits per heavy atom. The molecule has 26 heavy (non-hydrogen) atoms. The highest BCUT2D eigenvalue weighted by molar-refractivity contribution is 5.83. The fraction of sp³-hybridized carbons (Fsp3) is 0.625. The van der Waals surface area contributed by atoms with Crippen molar-refractivity contribution in [3.8, 4) is 0 Å². The number of aromatic nitrogens is 2. The van der Waals surface area contributed by atoms with Gasteiger partial charge in [0.25, 0.3) is 0 Å². The second-order valence-electron chi connectivity index (χ2n) is 6.15. The zero-order valence-corrected chi connectivity index (χ0v) is 15.1. The molecule has 0 saturated heterocycles. The Labute approximate surface area is 151 Å². The second-order valence-corrected chi connectivity index (χ2v) is 6.15. The Bertz CT molecular complexity index is 590. The number of ether oxygens (including phenoxy) is 1. The predicted molar refractivity (Wildman–Crippen MR) is 91.3 cm³/mol. The monoisotopic (exact) mass is 370 g/mol. The number of nitrogens with zero attached hydrogens (tertiary/aromatic N) is 2. The first-order valence-electron chi connectivity index (χ1n) is 8.35. The van der Waals surface area contributed by atoms with Crippen molar-refractivity contribution in [2.75, 3.05) is 19.7 Å². The van der Waals surface area contributed by atoms with Crippen LogP contribution in [-0.2, 0) is 20.7 Å². The van der Waals surface area contributed by atoms with E-state index < -0.39 is 30.1 Å². The van der Waals surface area contributed by atoms with Gasteiger partial charge in [0.15, 0.2) is 6.10 Å². The van der Waals surface area contributed by atoms with Crippen molar-refractivity contribution < 1.29 is 29.3 Å². The third-order valence-electron chi connectivity index (χ3n) is 3.37. The Kier molecular flexibility index (Phi) is 8.56. The van der Waals surface area contributed by atoms with Gasteiger partial charge in [-0.25, -0.2) is 19.4 Å². The van der Waals surface area contributed by atoms with Gasteiger partial charge < -0.3 is 30.2 Å². The number of carbonyl (C=O) groups is 3. The van der Waals surface area contributed by atoms with Crippen molar-refractivity contribution in [1.29, 1.82) is 0 Å². The Morgan fingerprint density at radius 3 is 2.54 bits per heavy atom. The van der Waals surface area contributed by atoms with Crippen molar-refractivity contribution >= 4 is 18.0 Å². The van der Waals surface area contributed by atoms with E-state index in [1.807, 2.05) is 13.8 Å². The van der Waals surface area contributed by atoms with Gasteiger partial charge in [0.1, 0.15) is 11.9 Å². The third-order valence-corrected chi connectivity index (χ3v) is 3.37. The van der Waals surface area contributed by atoms with Crippen LogP contribution >= 0.6 is 0 Å². The van der Waals surface area contributed by atoms with E-state index in [-0.39, 0.29) is 32.0 Å². The van der Waals surface area contributed by atoms with Crippen molar-refractivity contribution in [3.05, 3.63) is 18.2 Å². The first kappa shape index (κ1) is 21.4. The van der Waals surface area contributed by atoms with E-state index in [4.69, 9.17) is 4.74 Å². The summed E-state index contributed by atoms with van der Waals surface area (Å²) in [6, 6.07) is -1.90. The number of hydrogen-bond acceptors (Lipinski definition) is 6. The Hall–Kier alpha value is -2.62. The van der Waals surface area contributed by atoms with E-state index >= 15 is 0 Å². The molecule has 0 aliphatic rings. The van der Waals surface area contributed by atoms with Gasteiger partial charge in [0, 0.05) is 25.4 Å². The van der Waals surface area contributed by atoms with E-state index in [1.54, 1.807) is 13.1 Å². The minimum atomic E-state index is -1.51. The number of hydrogen-bond donors (Lipinski definition) is 4. The number of rotatable bonds is 10. The lowest BCUT2D eigenvalue weighted by atomic mass is 10.2. The Balaban J connectivity index is 2.79. The summed E-state index contributed by atoms with van der Waals surface area (Å²) in [5, 5.41) is 21.6. The van der Waals surface area contributed by atoms with Crippen LogP contribution in [-0.4, -0.2) is 74.9 Å². The first-order chi connectivity index (χ1) is 12.2. The lowest BCUT2D eigenvalue weighted by Gasteiger charge is -2.28. The molecule has 1 aromatic rings. The van der Waals surface area contributed by atoms with E-state index in [1.165, 1.54) is 11.1 Å². The highest BCUT2D eigenvalue weighted by Gasteiger charge is 2.28. The van der Waals surface area contributed by atoms with Crippen molar-refractivity contribution in [2.45, 2.75) is 39.3 Å². The molecule has 2 atom stereocenters. The standard InChI is InChI=1S/C16H26N4O6/c1-4-26-15(24)12(21)9-20(8-10(2)3)16(25)19-11(14(22)23)7-13-17-5-6-18-13/h5-6,10-12,21H,4,7-9H2,1-3H3,(H,17,18)(H,19,25)(H,22,23)/t11-,12-/m0/s1. The van der Waals surface area contributed by atoms with Crippen LogP contribution in [0.2, 0.25) is 0 Å². The molecule has 0 aliphatic carbocycles. The molecule has 1 rings (SSSR count). The van der Waals surface area contributed by atoms with E-state index in [9.17, 15) is 24.6 Å². The van der Waals surface area contributed by atoms with Crippen LogP contribution < -0.4 is 5.32 Å². The Morgan fingerprint density at radius 2 is 2.04 bits per heavy atom. The summed E-state index contributed by atoms with van der Waals surface area (Å²) in [7, 11) is 0. The van der Waals surface area contributed by atoms with Gasteiger partial charge in [-0.05, 0) is 12.8 Å². The number of H-pyrrole nitrogens is 1. The largest absolute Gasteiger partial charge is 0.480 e. The average molecular weight is 370 g/mol. The fourth-order valence-electron chi connectivity index (χ4n) is 2.25. The third kappa shape index (κ3) is 7.09. The van der Waals surface area contributed by atoms with Crippen LogP contribution in [0.5, 0.6) is 0 Å². The van der Waals surface area contributed by atoms with Gasteiger partial charge in [-0.3, -0.25) is 0 Å². The van der Waals surface area contributed by atoms with Crippen LogP contribution in [0.4, 0.5) is 4.79 Å².